The first-order valence-electron chi connectivity index (χ1n) is 7.30. The van der Waals surface area contributed by atoms with Crippen molar-refractivity contribution in [1.82, 2.24) is 20.3 Å². The van der Waals surface area contributed by atoms with E-state index in [0.717, 1.165) is 11.8 Å². The third-order valence-electron chi connectivity index (χ3n) is 4.81. The van der Waals surface area contributed by atoms with Crippen LogP contribution in [-0.4, -0.2) is 33.2 Å². The lowest BCUT2D eigenvalue weighted by molar-refractivity contribution is -0.123. The van der Waals surface area contributed by atoms with Gasteiger partial charge in [-0.3, -0.25) is 9.59 Å². The predicted molar refractivity (Wildman–Crippen MR) is 72.0 cm³/mol. The fraction of sp³-hybridized carbons (Fsp3) is 0.714. The predicted octanol–water partition coefficient (Wildman–Crippen LogP) is 1.03. The molecule has 4 atom stereocenters. The van der Waals surface area contributed by atoms with Gasteiger partial charge in [0.15, 0.2) is 6.29 Å². The minimum absolute atomic E-state index is 0.0670. The second-order valence-electron chi connectivity index (χ2n) is 6.15. The summed E-state index contributed by atoms with van der Waals surface area (Å²) in [6.07, 6.45) is 7.39. The zero-order chi connectivity index (χ0) is 14.1. The Morgan fingerprint density at radius 2 is 2.40 bits per heavy atom. The Hall–Kier alpha value is -1.72. The molecule has 1 N–H and O–H groups in total. The molecule has 6 nitrogen and oxygen atoms in total. The number of carbonyl (C=O) groups excluding carboxylic acids is 2. The SMILES string of the molecule is CC(NC(=O)Cn1cc(C=O)nn1)C1CC2CCC1C2. The van der Waals surface area contributed by atoms with E-state index in [1.54, 1.807) is 0 Å². The summed E-state index contributed by atoms with van der Waals surface area (Å²) in [6, 6.07) is 0.215. The van der Waals surface area contributed by atoms with Crippen LogP contribution >= 0.6 is 0 Å². The van der Waals surface area contributed by atoms with E-state index in [-0.39, 0.29) is 24.2 Å². The summed E-state index contributed by atoms with van der Waals surface area (Å²) >= 11 is 0. The molecule has 2 aliphatic rings. The van der Waals surface area contributed by atoms with E-state index < -0.39 is 0 Å². The van der Waals surface area contributed by atoms with E-state index in [0.29, 0.717) is 12.2 Å². The first-order chi connectivity index (χ1) is 9.65. The van der Waals surface area contributed by atoms with Crippen molar-refractivity contribution in [1.29, 1.82) is 0 Å². The van der Waals surface area contributed by atoms with Gasteiger partial charge in [0, 0.05) is 6.04 Å². The van der Waals surface area contributed by atoms with Crippen molar-refractivity contribution in [2.24, 2.45) is 17.8 Å². The highest BCUT2D eigenvalue weighted by atomic mass is 16.2. The van der Waals surface area contributed by atoms with Crippen LogP contribution in [0.3, 0.4) is 0 Å². The highest BCUT2D eigenvalue weighted by Gasteiger charge is 2.42. The third kappa shape index (κ3) is 2.59. The number of nitrogens with one attached hydrogen (secondary N) is 1. The molecule has 2 aliphatic carbocycles. The zero-order valence-corrected chi connectivity index (χ0v) is 11.7. The summed E-state index contributed by atoms with van der Waals surface area (Å²) < 4.78 is 1.40. The molecule has 6 heteroatoms. The van der Waals surface area contributed by atoms with Crippen LogP contribution < -0.4 is 5.32 Å². The molecule has 20 heavy (non-hydrogen) atoms. The Labute approximate surface area is 117 Å². The van der Waals surface area contributed by atoms with Crippen molar-refractivity contribution >= 4 is 12.2 Å². The maximum absolute atomic E-state index is 12.0. The van der Waals surface area contributed by atoms with Gasteiger partial charge in [0.2, 0.25) is 5.91 Å². The molecule has 0 saturated heterocycles. The Morgan fingerprint density at radius 3 is 3.00 bits per heavy atom. The third-order valence-corrected chi connectivity index (χ3v) is 4.81. The van der Waals surface area contributed by atoms with Gasteiger partial charge in [-0.05, 0) is 43.9 Å². The molecule has 1 heterocycles. The quantitative estimate of drug-likeness (QED) is 0.815. The minimum Gasteiger partial charge on any atom is -0.352 e. The smallest absolute Gasteiger partial charge is 0.242 e. The van der Waals surface area contributed by atoms with Crippen LogP contribution in [-0.2, 0) is 11.3 Å². The summed E-state index contributed by atoms with van der Waals surface area (Å²) in [7, 11) is 0. The summed E-state index contributed by atoms with van der Waals surface area (Å²) in [6.45, 7) is 2.22. The second-order valence-corrected chi connectivity index (χ2v) is 6.15. The van der Waals surface area contributed by atoms with E-state index in [2.05, 4.69) is 22.6 Å². The Kier molecular flexibility index (Phi) is 3.54. The Balaban J connectivity index is 1.52. The van der Waals surface area contributed by atoms with Gasteiger partial charge < -0.3 is 5.32 Å². The van der Waals surface area contributed by atoms with Gasteiger partial charge >= 0.3 is 0 Å². The molecular formula is C14H20N4O2. The number of amides is 1. The summed E-state index contributed by atoms with van der Waals surface area (Å²) in [5.41, 5.74) is 0.249. The van der Waals surface area contributed by atoms with Gasteiger partial charge in [-0.25, -0.2) is 4.68 Å². The molecule has 0 aromatic carbocycles. The zero-order valence-electron chi connectivity index (χ0n) is 11.7. The van der Waals surface area contributed by atoms with Crippen LogP contribution in [0.2, 0.25) is 0 Å². The normalized spacial score (nSPS) is 29.4. The van der Waals surface area contributed by atoms with Gasteiger partial charge in [0.1, 0.15) is 12.2 Å². The molecule has 0 spiro atoms. The molecule has 1 aromatic rings. The number of rotatable bonds is 5. The molecule has 2 bridgehead atoms. The minimum atomic E-state index is -0.0670. The summed E-state index contributed by atoms with van der Waals surface area (Å²) in [4.78, 5) is 22.5. The summed E-state index contributed by atoms with van der Waals surface area (Å²) in [5, 5.41) is 10.5. The van der Waals surface area contributed by atoms with Crippen molar-refractivity contribution in [3.63, 3.8) is 0 Å². The molecular weight excluding hydrogens is 256 g/mol. The molecule has 3 rings (SSSR count). The molecule has 108 valence electrons. The first-order valence-corrected chi connectivity index (χ1v) is 7.30. The van der Waals surface area contributed by atoms with Gasteiger partial charge in [-0.1, -0.05) is 11.6 Å². The van der Waals surface area contributed by atoms with E-state index >= 15 is 0 Å². The van der Waals surface area contributed by atoms with Crippen LogP contribution in [0.4, 0.5) is 0 Å². The maximum atomic E-state index is 12.0. The van der Waals surface area contributed by atoms with Crippen LogP contribution in [0, 0.1) is 17.8 Å². The maximum Gasteiger partial charge on any atom is 0.242 e. The van der Waals surface area contributed by atoms with Gasteiger partial charge in [0.25, 0.3) is 0 Å². The Bertz CT molecular complexity index is 513. The lowest BCUT2D eigenvalue weighted by Gasteiger charge is -2.28. The van der Waals surface area contributed by atoms with Crippen molar-refractivity contribution < 1.29 is 9.59 Å². The van der Waals surface area contributed by atoms with Crippen LogP contribution in [0.5, 0.6) is 0 Å². The second kappa shape index (κ2) is 5.34. The fourth-order valence-electron chi connectivity index (χ4n) is 3.90. The molecule has 1 amide bonds. The molecule has 4 unspecified atom stereocenters. The van der Waals surface area contributed by atoms with E-state index in [1.807, 2.05) is 0 Å². The first kappa shape index (κ1) is 13.3. The van der Waals surface area contributed by atoms with Crippen molar-refractivity contribution in [2.75, 3.05) is 0 Å². The van der Waals surface area contributed by atoms with E-state index in [9.17, 15) is 9.59 Å². The van der Waals surface area contributed by atoms with Gasteiger partial charge in [-0.15, -0.1) is 5.10 Å². The van der Waals surface area contributed by atoms with E-state index in [4.69, 9.17) is 0 Å². The highest BCUT2D eigenvalue weighted by molar-refractivity contribution is 5.76. The molecule has 0 radical (unpaired) electrons. The standard InChI is InChI=1S/C14H20N4O2/c1-9(13-5-10-2-3-11(13)4-10)15-14(20)7-18-6-12(8-19)16-17-18/h6,8-11,13H,2-5,7H2,1H3,(H,15,20). The lowest BCUT2D eigenvalue weighted by atomic mass is 9.84. The molecule has 2 saturated carbocycles. The molecule has 0 aliphatic heterocycles. The van der Waals surface area contributed by atoms with Crippen molar-refractivity contribution in [3.8, 4) is 0 Å². The number of aromatic nitrogens is 3. The van der Waals surface area contributed by atoms with E-state index in [1.165, 1.54) is 36.6 Å². The van der Waals surface area contributed by atoms with Gasteiger partial charge in [-0.2, -0.15) is 0 Å². The summed E-state index contributed by atoms with van der Waals surface area (Å²) in [5.74, 6) is 2.24. The highest BCUT2D eigenvalue weighted by Crippen LogP contribution is 2.49. The fourth-order valence-corrected chi connectivity index (χ4v) is 3.90. The van der Waals surface area contributed by atoms with Crippen LogP contribution in [0.15, 0.2) is 6.20 Å². The number of carbonyl (C=O) groups is 2. The van der Waals surface area contributed by atoms with Crippen molar-refractivity contribution in [2.45, 2.75) is 45.2 Å². The molecule has 1 aromatic heterocycles. The van der Waals surface area contributed by atoms with Crippen LogP contribution in [0.1, 0.15) is 43.1 Å². The number of hydrogen-bond donors (Lipinski definition) is 1. The lowest BCUT2D eigenvalue weighted by Crippen LogP contribution is -2.41. The van der Waals surface area contributed by atoms with Crippen molar-refractivity contribution in [3.05, 3.63) is 11.9 Å². The van der Waals surface area contributed by atoms with Crippen LogP contribution in [0.25, 0.3) is 0 Å². The monoisotopic (exact) mass is 276 g/mol. The number of fused-ring (bicyclic) bond motifs is 2. The largest absolute Gasteiger partial charge is 0.352 e. The number of aldehydes is 1. The Morgan fingerprint density at radius 1 is 1.55 bits per heavy atom. The average molecular weight is 276 g/mol. The topological polar surface area (TPSA) is 76.9 Å². The average Bonchev–Trinajstić information content (AvgIpc) is 3.13. The number of hydrogen-bond acceptors (Lipinski definition) is 4. The molecule has 2 fully saturated rings. The van der Waals surface area contributed by atoms with Gasteiger partial charge in [0.05, 0.1) is 6.20 Å². The number of nitrogens with zero attached hydrogens (tertiary/aromatic N) is 3.